The van der Waals surface area contributed by atoms with Gasteiger partial charge in [-0.05, 0) is 24.1 Å². The molecule has 1 unspecified atom stereocenters. The predicted molar refractivity (Wildman–Crippen MR) is 64.8 cm³/mol. The van der Waals surface area contributed by atoms with Crippen LogP contribution in [0.5, 0.6) is 0 Å². The Labute approximate surface area is 99.5 Å². The summed E-state index contributed by atoms with van der Waals surface area (Å²) in [7, 11) is 0. The zero-order valence-electron chi connectivity index (χ0n) is 9.22. The van der Waals surface area contributed by atoms with Crippen LogP contribution in [0, 0.1) is 0 Å². The molecule has 2 N–H and O–H groups in total. The van der Waals surface area contributed by atoms with Gasteiger partial charge in [-0.2, -0.15) is 0 Å². The minimum Gasteiger partial charge on any atom is -0.481 e. The van der Waals surface area contributed by atoms with Crippen LogP contribution in [0.25, 0.3) is 0 Å². The van der Waals surface area contributed by atoms with E-state index < -0.39 is 5.97 Å². The second-order valence-corrected chi connectivity index (χ2v) is 4.68. The van der Waals surface area contributed by atoms with Crippen LogP contribution >= 0.6 is 11.8 Å². The second kappa shape index (κ2) is 6.55. The average Bonchev–Trinajstić information content (AvgIpc) is 2.27. The molecule has 0 saturated carbocycles. The van der Waals surface area contributed by atoms with Crippen molar-refractivity contribution in [2.75, 3.05) is 5.75 Å². The van der Waals surface area contributed by atoms with Crippen LogP contribution in [0.1, 0.15) is 18.9 Å². The zero-order valence-corrected chi connectivity index (χ0v) is 10.0. The van der Waals surface area contributed by atoms with E-state index in [9.17, 15) is 9.90 Å². The van der Waals surface area contributed by atoms with E-state index in [1.165, 1.54) is 0 Å². The van der Waals surface area contributed by atoms with Crippen molar-refractivity contribution in [3.63, 3.8) is 0 Å². The van der Waals surface area contributed by atoms with E-state index in [-0.39, 0.29) is 12.5 Å². The lowest BCUT2D eigenvalue weighted by molar-refractivity contribution is -0.136. The highest BCUT2D eigenvalue weighted by Crippen LogP contribution is 2.20. The molecule has 0 bridgehead atoms. The predicted octanol–water partition coefficient (Wildman–Crippen LogP) is 2.18. The Morgan fingerprint density at radius 3 is 2.50 bits per heavy atom. The van der Waals surface area contributed by atoms with E-state index in [0.717, 1.165) is 16.9 Å². The molecule has 1 atom stereocenters. The van der Waals surface area contributed by atoms with Gasteiger partial charge >= 0.3 is 5.97 Å². The highest BCUT2D eigenvalue weighted by Gasteiger charge is 2.03. The summed E-state index contributed by atoms with van der Waals surface area (Å²) in [6.07, 6.45) is 0.538. The summed E-state index contributed by atoms with van der Waals surface area (Å²) in [6.45, 7) is 1.95. The molecule has 0 aromatic heterocycles. The van der Waals surface area contributed by atoms with Crippen molar-refractivity contribution in [2.24, 2.45) is 0 Å². The minimum absolute atomic E-state index is 0.0581. The van der Waals surface area contributed by atoms with Crippen molar-refractivity contribution < 1.29 is 15.0 Å². The Hall–Kier alpha value is -1.00. The number of hydrogen-bond donors (Lipinski definition) is 2. The molecular formula is C12H16O3S. The van der Waals surface area contributed by atoms with E-state index in [0.29, 0.717) is 5.75 Å². The van der Waals surface area contributed by atoms with Gasteiger partial charge in [0.25, 0.3) is 0 Å². The number of hydrogen-bond acceptors (Lipinski definition) is 3. The van der Waals surface area contributed by atoms with Crippen molar-refractivity contribution in [1.82, 2.24) is 0 Å². The van der Waals surface area contributed by atoms with Crippen molar-refractivity contribution in [1.29, 1.82) is 0 Å². The van der Waals surface area contributed by atoms with Gasteiger partial charge in [-0.1, -0.05) is 19.1 Å². The number of benzene rings is 1. The van der Waals surface area contributed by atoms with Crippen molar-refractivity contribution in [3.8, 4) is 0 Å². The molecule has 0 heterocycles. The first-order valence-electron chi connectivity index (χ1n) is 5.23. The van der Waals surface area contributed by atoms with E-state index in [1.54, 1.807) is 11.8 Å². The highest BCUT2D eigenvalue weighted by atomic mass is 32.2. The maximum Gasteiger partial charge on any atom is 0.307 e. The number of carboxylic acid groups (broad SMARTS) is 1. The van der Waals surface area contributed by atoms with Crippen molar-refractivity contribution in [2.45, 2.75) is 30.8 Å². The lowest BCUT2D eigenvalue weighted by atomic mass is 10.2. The molecule has 0 saturated heterocycles. The quantitative estimate of drug-likeness (QED) is 0.748. The first kappa shape index (κ1) is 13.1. The number of carbonyl (C=O) groups is 1. The summed E-state index contributed by atoms with van der Waals surface area (Å²) in [5.41, 5.74) is 0.799. The molecule has 0 radical (unpaired) electrons. The molecule has 1 rings (SSSR count). The molecule has 0 amide bonds. The van der Waals surface area contributed by atoms with Gasteiger partial charge in [0, 0.05) is 10.6 Å². The summed E-state index contributed by atoms with van der Waals surface area (Å²) in [5, 5.41) is 18.0. The van der Waals surface area contributed by atoms with Gasteiger partial charge in [-0.15, -0.1) is 11.8 Å². The normalized spacial score (nSPS) is 12.4. The standard InChI is InChI=1S/C12H16O3S/c1-2-10(13)8-16-11-5-3-9(4-6-11)7-12(14)15/h3-6,10,13H,2,7-8H2,1H3,(H,14,15). The van der Waals surface area contributed by atoms with E-state index in [1.807, 2.05) is 31.2 Å². The summed E-state index contributed by atoms with van der Waals surface area (Å²) in [5.74, 6) is -0.142. The Balaban J connectivity index is 2.48. The van der Waals surface area contributed by atoms with Gasteiger partial charge < -0.3 is 10.2 Å². The molecule has 1 aromatic rings. The van der Waals surface area contributed by atoms with Crippen LogP contribution in [-0.2, 0) is 11.2 Å². The van der Waals surface area contributed by atoms with Gasteiger partial charge in [0.05, 0.1) is 12.5 Å². The molecule has 0 aliphatic carbocycles. The number of aliphatic carboxylic acids is 1. The number of aliphatic hydroxyl groups is 1. The third kappa shape index (κ3) is 4.68. The molecule has 4 heteroatoms. The Kier molecular flexibility index (Phi) is 5.35. The lowest BCUT2D eigenvalue weighted by Gasteiger charge is -2.07. The van der Waals surface area contributed by atoms with Gasteiger partial charge in [0.1, 0.15) is 0 Å². The SMILES string of the molecule is CCC(O)CSc1ccc(CC(=O)O)cc1. The third-order valence-electron chi connectivity index (χ3n) is 2.19. The number of rotatable bonds is 6. The average molecular weight is 240 g/mol. The van der Waals surface area contributed by atoms with Gasteiger partial charge in [0.2, 0.25) is 0 Å². The highest BCUT2D eigenvalue weighted by molar-refractivity contribution is 7.99. The largest absolute Gasteiger partial charge is 0.481 e. The Morgan fingerprint density at radius 1 is 1.38 bits per heavy atom. The first-order chi connectivity index (χ1) is 7.61. The Morgan fingerprint density at radius 2 is 2.00 bits per heavy atom. The van der Waals surface area contributed by atoms with Crippen LogP contribution < -0.4 is 0 Å². The topological polar surface area (TPSA) is 57.5 Å². The maximum absolute atomic E-state index is 10.5. The Bertz CT molecular complexity index is 335. The van der Waals surface area contributed by atoms with Gasteiger partial charge in [0.15, 0.2) is 0 Å². The second-order valence-electron chi connectivity index (χ2n) is 3.59. The van der Waals surface area contributed by atoms with Gasteiger partial charge in [-0.3, -0.25) is 4.79 Å². The molecular weight excluding hydrogens is 224 g/mol. The maximum atomic E-state index is 10.5. The summed E-state index contributed by atoms with van der Waals surface area (Å²) in [6, 6.07) is 7.42. The first-order valence-corrected chi connectivity index (χ1v) is 6.22. The minimum atomic E-state index is -0.818. The van der Waals surface area contributed by atoms with Crippen molar-refractivity contribution >= 4 is 17.7 Å². The molecule has 16 heavy (non-hydrogen) atoms. The lowest BCUT2D eigenvalue weighted by Crippen LogP contribution is -2.07. The number of aliphatic hydroxyl groups excluding tert-OH is 1. The molecule has 0 fully saturated rings. The molecule has 3 nitrogen and oxygen atoms in total. The van der Waals surface area contributed by atoms with Crippen LogP contribution in [0.4, 0.5) is 0 Å². The molecule has 0 aliphatic heterocycles. The number of thioether (sulfide) groups is 1. The van der Waals surface area contributed by atoms with E-state index >= 15 is 0 Å². The molecule has 0 spiro atoms. The van der Waals surface area contributed by atoms with Crippen molar-refractivity contribution in [3.05, 3.63) is 29.8 Å². The summed E-state index contributed by atoms with van der Waals surface area (Å²) < 4.78 is 0. The third-order valence-corrected chi connectivity index (χ3v) is 3.35. The van der Waals surface area contributed by atoms with Crippen LogP contribution in [0.2, 0.25) is 0 Å². The van der Waals surface area contributed by atoms with E-state index in [4.69, 9.17) is 5.11 Å². The molecule has 1 aromatic carbocycles. The molecule has 0 aliphatic rings. The van der Waals surface area contributed by atoms with Crippen LogP contribution in [-0.4, -0.2) is 28.0 Å². The van der Waals surface area contributed by atoms with Crippen LogP contribution in [0.15, 0.2) is 29.2 Å². The van der Waals surface area contributed by atoms with Gasteiger partial charge in [-0.25, -0.2) is 0 Å². The number of carboxylic acids is 1. The molecule has 88 valence electrons. The summed E-state index contributed by atoms with van der Waals surface area (Å²) >= 11 is 1.58. The fourth-order valence-corrected chi connectivity index (χ4v) is 2.14. The monoisotopic (exact) mass is 240 g/mol. The fourth-order valence-electron chi connectivity index (χ4n) is 1.19. The zero-order chi connectivity index (χ0) is 12.0. The van der Waals surface area contributed by atoms with E-state index in [2.05, 4.69) is 0 Å². The fraction of sp³-hybridized carbons (Fsp3) is 0.417. The summed E-state index contributed by atoms with van der Waals surface area (Å²) in [4.78, 5) is 11.5. The van der Waals surface area contributed by atoms with Crippen LogP contribution in [0.3, 0.4) is 0 Å². The smallest absolute Gasteiger partial charge is 0.307 e.